The lowest BCUT2D eigenvalue weighted by Crippen LogP contribution is -2.50. The van der Waals surface area contributed by atoms with E-state index in [1.807, 2.05) is 43.0 Å². The molecule has 6 heteroatoms. The second-order valence-corrected chi connectivity index (χ2v) is 6.23. The first-order valence-corrected chi connectivity index (χ1v) is 8.50. The van der Waals surface area contributed by atoms with E-state index in [0.29, 0.717) is 39.1 Å². The van der Waals surface area contributed by atoms with Crippen LogP contribution in [0.25, 0.3) is 0 Å². The van der Waals surface area contributed by atoms with E-state index in [1.54, 1.807) is 11.8 Å². The van der Waals surface area contributed by atoms with Crippen molar-refractivity contribution in [2.75, 3.05) is 38.0 Å². The molecule has 2 rings (SSSR count). The molecule has 0 aromatic heterocycles. The summed E-state index contributed by atoms with van der Waals surface area (Å²) in [7, 11) is 0. The van der Waals surface area contributed by atoms with Crippen molar-refractivity contribution in [3.05, 3.63) is 24.3 Å². The lowest BCUT2D eigenvalue weighted by Gasteiger charge is -2.34. The maximum atomic E-state index is 12.3. The van der Waals surface area contributed by atoms with E-state index in [4.69, 9.17) is 4.74 Å². The highest BCUT2D eigenvalue weighted by atomic mass is 16.5. The van der Waals surface area contributed by atoms with Gasteiger partial charge >= 0.3 is 0 Å². The Kier molecular flexibility index (Phi) is 6.46. The summed E-state index contributed by atoms with van der Waals surface area (Å²) in [5.41, 5.74) is 0.903. The number of para-hydroxylation sites is 2. The number of ether oxygens (including phenoxy) is 1. The first-order valence-electron chi connectivity index (χ1n) is 8.50. The third-order valence-electron chi connectivity index (χ3n) is 3.98. The van der Waals surface area contributed by atoms with Gasteiger partial charge in [-0.2, -0.15) is 0 Å². The summed E-state index contributed by atoms with van der Waals surface area (Å²) >= 11 is 0. The van der Waals surface area contributed by atoms with E-state index < -0.39 is 0 Å². The van der Waals surface area contributed by atoms with Gasteiger partial charge in [0.05, 0.1) is 11.8 Å². The first-order chi connectivity index (χ1) is 11.5. The molecule has 1 aromatic rings. The number of rotatable bonds is 6. The minimum atomic E-state index is 0.0746. The molecule has 0 atom stereocenters. The predicted molar refractivity (Wildman–Crippen MR) is 94.1 cm³/mol. The van der Waals surface area contributed by atoms with Crippen molar-refractivity contribution in [3.8, 4) is 5.75 Å². The van der Waals surface area contributed by atoms with E-state index in [9.17, 15) is 9.59 Å². The van der Waals surface area contributed by atoms with Gasteiger partial charge in [-0.05, 0) is 26.0 Å². The molecule has 132 valence electrons. The number of carbonyl (C=O) groups excluding carboxylic acids is 2. The number of hydrogen-bond acceptors (Lipinski definition) is 4. The minimum absolute atomic E-state index is 0.0746. The van der Waals surface area contributed by atoms with Crippen LogP contribution in [0, 0.1) is 0 Å². The smallest absolute Gasteiger partial charge is 0.224 e. The molecule has 1 aliphatic heterocycles. The molecule has 0 aliphatic carbocycles. The van der Waals surface area contributed by atoms with E-state index >= 15 is 0 Å². The van der Waals surface area contributed by atoms with Gasteiger partial charge in [-0.25, -0.2) is 0 Å². The molecule has 0 unspecified atom stereocenters. The SMILES string of the molecule is CC(=O)N1CCN(C(=O)CCNc2ccccc2OC(C)C)CC1. The van der Waals surface area contributed by atoms with Crippen LogP contribution in [0.1, 0.15) is 27.2 Å². The van der Waals surface area contributed by atoms with Crippen LogP contribution in [-0.4, -0.2) is 60.4 Å². The minimum Gasteiger partial charge on any atom is -0.489 e. The average Bonchev–Trinajstić information content (AvgIpc) is 2.56. The number of anilines is 1. The molecule has 0 radical (unpaired) electrons. The first kappa shape index (κ1) is 18.1. The van der Waals surface area contributed by atoms with Crippen LogP contribution in [-0.2, 0) is 9.59 Å². The highest BCUT2D eigenvalue weighted by molar-refractivity contribution is 5.78. The number of benzene rings is 1. The Labute approximate surface area is 143 Å². The summed E-state index contributed by atoms with van der Waals surface area (Å²) in [6, 6.07) is 7.75. The highest BCUT2D eigenvalue weighted by Crippen LogP contribution is 2.24. The average molecular weight is 333 g/mol. The number of carbonyl (C=O) groups is 2. The van der Waals surface area contributed by atoms with Crippen LogP contribution in [0.15, 0.2) is 24.3 Å². The van der Waals surface area contributed by atoms with Crippen LogP contribution in [0.5, 0.6) is 5.75 Å². The molecule has 2 amide bonds. The summed E-state index contributed by atoms with van der Waals surface area (Å²) < 4.78 is 5.76. The summed E-state index contributed by atoms with van der Waals surface area (Å²) in [6.45, 7) is 8.58. The molecule has 1 heterocycles. The molecular formula is C18H27N3O3. The van der Waals surface area contributed by atoms with E-state index in [0.717, 1.165) is 11.4 Å². The lowest BCUT2D eigenvalue weighted by atomic mass is 10.2. The number of nitrogens with one attached hydrogen (secondary N) is 1. The van der Waals surface area contributed by atoms with Crippen LogP contribution in [0.2, 0.25) is 0 Å². The van der Waals surface area contributed by atoms with Crippen LogP contribution in [0.3, 0.4) is 0 Å². The standard InChI is InChI=1S/C18H27N3O3/c1-14(2)24-17-7-5-4-6-16(17)19-9-8-18(23)21-12-10-20(11-13-21)15(3)22/h4-7,14,19H,8-13H2,1-3H3. The van der Waals surface area contributed by atoms with Crippen LogP contribution < -0.4 is 10.1 Å². The van der Waals surface area contributed by atoms with Gasteiger partial charge < -0.3 is 19.9 Å². The second-order valence-electron chi connectivity index (χ2n) is 6.23. The summed E-state index contributed by atoms with van der Waals surface area (Å²) in [6.07, 6.45) is 0.531. The van der Waals surface area contributed by atoms with E-state index in [2.05, 4.69) is 5.32 Å². The zero-order valence-corrected chi connectivity index (χ0v) is 14.7. The summed E-state index contributed by atoms with van der Waals surface area (Å²) in [4.78, 5) is 27.2. The Morgan fingerprint density at radius 1 is 1.12 bits per heavy atom. The van der Waals surface area contributed by atoms with Crippen molar-refractivity contribution in [1.82, 2.24) is 9.80 Å². The topological polar surface area (TPSA) is 61.9 Å². The Hall–Kier alpha value is -2.24. The third kappa shape index (κ3) is 5.15. The van der Waals surface area contributed by atoms with Gasteiger partial charge in [0.15, 0.2) is 0 Å². The largest absolute Gasteiger partial charge is 0.489 e. The van der Waals surface area contributed by atoms with Gasteiger partial charge in [0, 0.05) is 46.1 Å². The molecule has 1 aliphatic rings. The normalized spacial score (nSPS) is 14.7. The molecule has 0 spiro atoms. The summed E-state index contributed by atoms with van der Waals surface area (Å²) in [5.74, 6) is 0.994. The predicted octanol–water partition coefficient (Wildman–Crippen LogP) is 1.97. The molecule has 1 aromatic carbocycles. The fourth-order valence-corrected chi connectivity index (χ4v) is 2.70. The van der Waals surface area contributed by atoms with Gasteiger partial charge in [-0.1, -0.05) is 12.1 Å². The molecule has 1 fully saturated rings. The van der Waals surface area contributed by atoms with Crippen LogP contribution >= 0.6 is 0 Å². The zero-order chi connectivity index (χ0) is 17.5. The maximum absolute atomic E-state index is 12.3. The zero-order valence-electron chi connectivity index (χ0n) is 14.7. The maximum Gasteiger partial charge on any atom is 0.224 e. The number of nitrogens with zero attached hydrogens (tertiary/aromatic N) is 2. The number of piperazine rings is 1. The molecule has 0 bridgehead atoms. The van der Waals surface area contributed by atoms with Gasteiger partial charge in [-0.3, -0.25) is 9.59 Å². The molecule has 1 saturated heterocycles. The van der Waals surface area contributed by atoms with Crippen molar-refractivity contribution >= 4 is 17.5 Å². The third-order valence-corrected chi connectivity index (χ3v) is 3.98. The second kappa shape index (κ2) is 8.57. The molecule has 24 heavy (non-hydrogen) atoms. The Morgan fingerprint density at radius 3 is 2.38 bits per heavy atom. The van der Waals surface area contributed by atoms with Crippen molar-refractivity contribution in [2.45, 2.75) is 33.3 Å². The van der Waals surface area contributed by atoms with Gasteiger partial charge in [-0.15, -0.1) is 0 Å². The fraction of sp³-hybridized carbons (Fsp3) is 0.556. The quantitative estimate of drug-likeness (QED) is 0.864. The number of amides is 2. The van der Waals surface area contributed by atoms with Gasteiger partial charge in [0.1, 0.15) is 5.75 Å². The number of hydrogen-bond donors (Lipinski definition) is 1. The van der Waals surface area contributed by atoms with Crippen molar-refractivity contribution < 1.29 is 14.3 Å². The monoisotopic (exact) mass is 333 g/mol. The molecule has 0 saturated carbocycles. The van der Waals surface area contributed by atoms with Crippen molar-refractivity contribution in [3.63, 3.8) is 0 Å². The Morgan fingerprint density at radius 2 is 1.75 bits per heavy atom. The molecule has 1 N–H and O–H groups in total. The fourth-order valence-electron chi connectivity index (χ4n) is 2.70. The molecular weight excluding hydrogens is 306 g/mol. The van der Waals surface area contributed by atoms with E-state index in [-0.39, 0.29) is 17.9 Å². The molecule has 6 nitrogen and oxygen atoms in total. The van der Waals surface area contributed by atoms with Gasteiger partial charge in [0.25, 0.3) is 0 Å². The summed E-state index contributed by atoms with van der Waals surface area (Å²) in [5, 5.41) is 3.28. The van der Waals surface area contributed by atoms with Crippen LogP contribution in [0.4, 0.5) is 5.69 Å². The Balaban J connectivity index is 1.78. The van der Waals surface area contributed by atoms with Gasteiger partial charge in [0.2, 0.25) is 11.8 Å². The van der Waals surface area contributed by atoms with E-state index in [1.165, 1.54) is 0 Å². The van der Waals surface area contributed by atoms with Crippen molar-refractivity contribution in [2.24, 2.45) is 0 Å². The Bertz CT molecular complexity index is 566. The lowest BCUT2D eigenvalue weighted by molar-refractivity contribution is -0.138. The van der Waals surface area contributed by atoms with Crippen molar-refractivity contribution in [1.29, 1.82) is 0 Å². The highest BCUT2D eigenvalue weighted by Gasteiger charge is 2.21.